The van der Waals surface area contributed by atoms with Crippen molar-refractivity contribution in [1.82, 2.24) is 16.0 Å². The number of carboxylic acid groups (broad SMARTS) is 1. The highest BCUT2D eigenvalue weighted by molar-refractivity contribution is 7.93. The van der Waals surface area contributed by atoms with Gasteiger partial charge in [0.15, 0.2) is 5.76 Å². The zero-order chi connectivity index (χ0) is 25.3. The monoisotopic (exact) mass is 494 g/mol. The van der Waals surface area contributed by atoms with Crippen molar-refractivity contribution < 1.29 is 32.5 Å². The van der Waals surface area contributed by atoms with Crippen LogP contribution in [0.3, 0.4) is 0 Å². The Balaban J connectivity index is 1.63. The molecule has 1 unspecified atom stereocenters. The molecule has 1 aliphatic heterocycles. The van der Waals surface area contributed by atoms with Crippen LogP contribution in [0.25, 0.3) is 0 Å². The Morgan fingerprint density at radius 1 is 1.32 bits per heavy atom. The number of amidine groups is 1. The number of nitrogens with one attached hydrogen (secondary N) is 3. The zero-order valence-electron chi connectivity index (χ0n) is 18.5. The first-order chi connectivity index (χ1) is 15.9. The van der Waals surface area contributed by atoms with E-state index in [0.717, 1.165) is 5.56 Å². The number of benzene rings is 1. The summed E-state index contributed by atoms with van der Waals surface area (Å²) >= 11 is 0. The number of carbonyl (C=O) groups is 2. The van der Waals surface area contributed by atoms with Crippen LogP contribution in [0.4, 0.5) is 0 Å². The van der Waals surface area contributed by atoms with Gasteiger partial charge in [-0.05, 0) is 25.8 Å². The average Bonchev–Trinajstić information content (AvgIpc) is 3.37. The molecule has 184 valence electrons. The van der Waals surface area contributed by atoms with E-state index < -0.39 is 44.1 Å². The number of nitrogen functional groups attached to an aromatic ring is 1. The van der Waals surface area contributed by atoms with Gasteiger partial charge in [-0.1, -0.05) is 29.4 Å². The quantitative estimate of drug-likeness (QED) is 0.195. The number of hydroxylamine groups is 1. The highest BCUT2D eigenvalue weighted by Gasteiger charge is 2.51. The molecule has 2 aromatic rings. The summed E-state index contributed by atoms with van der Waals surface area (Å²) in [5, 5.41) is 22.9. The van der Waals surface area contributed by atoms with Gasteiger partial charge < -0.3 is 26.4 Å². The largest absolute Gasteiger partial charge is 0.479 e. The number of aromatic nitrogens is 1. The molecule has 0 radical (unpaired) electrons. The summed E-state index contributed by atoms with van der Waals surface area (Å²) in [6.45, 7) is 1.80. The summed E-state index contributed by atoms with van der Waals surface area (Å²) in [6.07, 6.45) is -0.277. The number of amides is 1. The van der Waals surface area contributed by atoms with Gasteiger partial charge in [-0.25, -0.2) is 13.2 Å². The molecule has 0 spiro atoms. The van der Waals surface area contributed by atoms with Crippen molar-refractivity contribution in [2.75, 3.05) is 6.54 Å². The van der Waals surface area contributed by atoms with Crippen molar-refractivity contribution >= 4 is 27.5 Å². The average molecular weight is 495 g/mol. The molecule has 0 aliphatic carbocycles. The summed E-state index contributed by atoms with van der Waals surface area (Å²) in [7, 11) is -4.66. The maximum absolute atomic E-state index is 13.0. The number of carbonyl (C=O) groups excluding carboxylic acids is 1. The molecule has 14 heteroatoms. The van der Waals surface area contributed by atoms with Gasteiger partial charge in [0, 0.05) is 5.56 Å². The number of nitrogens with zero attached hydrogens (tertiary/aromatic N) is 1. The van der Waals surface area contributed by atoms with Gasteiger partial charge in [-0.15, -0.1) is 0 Å². The van der Waals surface area contributed by atoms with Crippen LogP contribution in [-0.2, 0) is 24.3 Å². The lowest BCUT2D eigenvalue weighted by Gasteiger charge is -2.25. The van der Waals surface area contributed by atoms with Gasteiger partial charge in [-0.3, -0.25) is 15.0 Å². The van der Waals surface area contributed by atoms with Crippen LogP contribution in [0, 0.1) is 19.3 Å². The third-order valence-electron chi connectivity index (χ3n) is 5.54. The van der Waals surface area contributed by atoms with Gasteiger partial charge in [0.05, 0.1) is 30.8 Å². The van der Waals surface area contributed by atoms with Gasteiger partial charge in [0.1, 0.15) is 10.7 Å². The smallest absolute Gasteiger partial charge is 0.341 e. The zero-order valence-corrected chi connectivity index (χ0v) is 19.3. The predicted molar refractivity (Wildman–Crippen MR) is 118 cm³/mol. The van der Waals surface area contributed by atoms with Crippen LogP contribution >= 0.6 is 0 Å². The van der Waals surface area contributed by atoms with E-state index in [1.54, 1.807) is 24.3 Å². The molecule has 2 heterocycles. The SMILES string of the molecule is Cc1noc(C)c1S(=O)(=O)[C@](N)(CNC(=O)C[C@@H]1CC(c2ccc(C(=N)N)cc2)NO1)C(=O)O. The molecule has 1 fully saturated rings. The highest BCUT2D eigenvalue weighted by atomic mass is 32.2. The minimum Gasteiger partial charge on any atom is -0.479 e. The lowest BCUT2D eigenvalue weighted by atomic mass is 9.99. The molecule has 8 N–H and O–H groups in total. The topological polar surface area (TPSA) is 224 Å². The van der Waals surface area contributed by atoms with Crippen LogP contribution < -0.4 is 22.3 Å². The van der Waals surface area contributed by atoms with E-state index in [2.05, 4.69) is 16.0 Å². The van der Waals surface area contributed by atoms with E-state index in [0.29, 0.717) is 12.0 Å². The first kappa shape index (κ1) is 25.3. The second-order valence-corrected chi connectivity index (χ2v) is 10.2. The third-order valence-corrected chi connectivity index (χ3v) is 7.94. The van der Waals surface area contributed by atoms with Crippen molar-refractivity contribution in [1.29, 1.82) is 5.41 Å². The lowest BCUT2D eigenvalue weighted by molar-refractivity contribution is -0.140. The highest BCUT2D eigenvalue weighted by Crippen LogP contribution is 2.29. The standard InChI is InChI=1S/C20H26N6O7S/c1-10-17(11(2)32-25-10)34(30,31)20(23,19(28)29)9-24-16(27)8-14-7-15(26-33-14)12-3-5-13(6-4-12)18(21)22/h3-6,14-15,26H,7-9,23H2,1-2H3,(H3,21,22)(H,24,27)(H,28,29)/t14-,15?,20+/m0/s1. The molecular weight excluding hydrogens is 468 g/mol. The number of hydrogen-bond acceptors (Lipinski definition) is 10. The van der Waals surface area contributed by atoms with Crippen LogP contribution in [0.1, 0.15) is 41.5 Å². The fraction of sp³-hybridized carbons (Fsp3) is 0.400. The fourth-order valence-electron chi connectivity index (χ4n) is 3.60. The summed E-state index contributed by atoms with van der Waals surface area (Å²) in [6, 6.07) is 6.76. The second kappa shape index (κ2) is 9.50. The van der Waals surface area contributed by atoms with Gasteiger partial charge in [-0.2, -0.15) is 5.48 Å². The number of rotatable bonds is 9. The summed E-state index contributed by atoms with van der Waals surface area (Å²) in [4.78, 5) is 26.5. The Bertz CT molecular complexity index is 1190. The van der Waals surface area contributed by atoms with Crippen molar-refractivity contribution in [2.45, 2.75) is 48.6 Å². The number of aliphatic carboxylic acids is 1. The maximum atomic E-state index is 13.0. The maximum Gasteiger partial charge on any atom is 0.341 e. The molecule has 1 aromatic heterocycles. The molecular formula is C20H26N6O7S. The molecule has 0 saturated carbocycles. The molecule has 1 aliphatic rings. The van der Waals surface area contributed by atoms with Crippen LogP contribution in [-0.4, -0.2) is 53.9 Å². The Hall–Kier alpha value is -3.33. The molecule has 1 amide bonds. The molecule has 3 atom stereocenters. The van der Waals surface area contributed by atoms with Crippen molar-refractivity contribution in [3.05, 3.63) is 46.8 Å². The molecule has 3 rings (SSSR count). The number of aryl methyl sites for hydroxylation is 2. The Morgan fingerprint density at radius 2 is 1.97 bits per heavy atom. The number of hydrogen-bond donors (Lipinski definition) is 6. The minimum atomic E-state index is -4.66. The minimum absolute atomic E-state index is 0.0345. The summed E-state index contributed by atoms with van der Waals surface area (Å²) in [5.74, 6) is -2.62. The summed E-state index contributed by atoms with van der Waals surface area (Å²) in [5.41, 5.74) is 15.5. The van der Waals surface area contributed by atoms with E-state index in [-0.39, 0.29) is 29.8 Å². The Labute approximate surface area is 195 Å². The second-order valence-electron chi connectivity index (χ2n) is 8.01. The normalized spacial score (nSPS) is 20.0. The fourth-order valence-corrected chi connectivity index (χ4v) is 5.29. The molecule has 34 heavy (non-hydrogen) atoms. The molecule has 1 aromatic carbocycles. The van der Waals surface area contributed by atoms with Crippen LogP contribution in [0.15, 0.2) is 33.7 Å². The van der Waals surface area contributed by atoms with Gasteiger partial charge in [0.2, 0.25) is 20.6 Å². The number of carboxylic acids is 1. The predicted octanol–water partition coefficient (Wildman–Crippen LogP) is -0.370. The first-order valence-corrected chi connectivity index (χ1v) is 11.7. The number of nitrogens with two attached hydrogens (primary N) is 2. The van der Waals surface area contributed by atoms with Crippen LogP contribution in [0.2, 0.25) is 0 Å². The van der Waals surface area contributed by atoms with Crippen molar-refractivity contribution in [3.63, 3.8) is 0 Å². The van der Waals surface area contributed by atoms with Gasteiger partial charge in [0.25, 0.3) is 0 Å². The van der Waals surface area contributed by atoms with E-state index in [9.17, 15) is 23.1 Å². The van der Waals surface area contributed by atoms with E-state index in [1.165, 1.54) is 13.8 Å². The first-order valence-electron chi connectivity index (χ1n) is 10.2. The number of sulfone groups is 1. The van der Waals surface area contributed by atoms with E-state index in [4.69, 9.17) is 26.2 Å². The molecule has 1 saturated heterocycles. The van der Waals surface area contributed by atoms with Crippen molar-refractivity contribution in [3.8, 4) is 0 Å². The summed E-state index contributed by atoms with van der Waals surface area (Å²) < 4.78 is 30.8. The van der Waals surface area contributed by atoms with E-state index in [1.807, 2.05) is 0 Å². The molecule has 13 nitrogen and oxygen atoms in total. The lowest BCUT2D eigenvalue weighted by Crippen LogP contribution is -2.61. The third kappa shape index (κ3) is 4.79. The molecule has 0 bridgehead atoms. The van der Waals surface area contributed by atoms with Crippen LogP contribution in [0.5, 0.6) is 0 Å². The van der Waals surface area contributed by atoms with E-state index >= 15 is 0 Å². The van der Waals surface area contributed by atoms with Crippen molar-refractivity contribution in [2.24, 2.45) is 11.5 Å². The Morgan fingerprint density at radius 3 is 2.50 bits per heavy atom. The Kier molecular flexibility index (Phi) is 7.07. The van der Waals surface area contributed by atoms with Gasteiger partial charge >= 0.3 is 5.97 Å².